The van der Waals surface area contributed by atoms with Gasteiger partial charge >= 0.3 is 0 Å². The first-order chi connectivity index (χ1) is 16.5. The van der Waals surface area contributed by atoms with E-state index in [1.54, 1.807) is 18.3 Å². The predicted molar refractivity (Wildman–Crippen MR) is 137 cm³/mol. The molecule has 0 saturated heterocycles. The number of nitrogens with one attached hydrogen (secondary N) is 1. The van der Waals surface area contributed by atoms with Gasteiger partial charge in [0, 0.05) is 23.5 Å². The third-order valence-corrected chi connectivity index (χ3v) is 7.72. The number of carbonyl (C=O) groups is 1. The first-order valence-electron chi connectivity index (χ1n) is 12.3. The largest absolute Gasteiger partial charge is 0.503 e. The fraction of sp³-hybridized carbons (Fsp3) is 0.429. The summed E-state index contributed by atoms with van der Waals surface area (Å²) in [7, 11) is 1.50. The zero-order valence-corrected chi connectivity index (χ0v) is 20.5. The van der Waals surface area contributed by atoms with Crippen LogP contribution < -0.4 is 10.1 Å². The van der Waals surface area contributed by atoms with Gasteiger partial charge in [0.2, 0.25) is 0 Å². The number of aromatic nitrogens is 1. The Balaban J connectivity index is 1.59. The molecule has 0 unspecified atom stereocenters. The molecule has 2 aromatic carbocycles. The van der Waals surface area contributed by atoms with Crippen molar-refractivity contribution < 1.29 is 14.6 Å². The molecule has 5 nitrogen and oxygen atoms in total. The molecule has 0 aliphatic heterocycles. The highest BCUT2D eigenvalue weighted by Crippen LogP contribution is 2.41. The number of ketones is 1. The van der Waals surface area contributed by atoms with Crippen LogP contribution in [0.3, 0.4) is 0 Å². The minimum Gasteiger partial charge on any atom is -0.503 e. The van der Waals surface area contributed by atoms with Crippen LogP contribution in [-0.2, 0) is 0 Å². The summed E-state index contributed by atoms with van der Waals surface area (Å²) < 4.78 is 5.30. The molecule has 1 aromatic heterocycles. The van der Waals surface area contributed by atoms with E-state index in [4.69, 9.17) is 16.3 Å². The molecule has 2 aliphatic carbocycles. The van der Waals surface area contributed by atoms with E-state index in [9.17, 15) is 9.90 Å². The molecule has 0 amide bonds. The predicted octanol–water partition coefficient (Wildman–Crippen LogP) is 7.24. The van der Waals surface area contributed by atoms with Gasteiger partial charge in [-0.05, 0) is 79.8 Å². The lowest BCUT2D eigenvalue weighted by atomic mass is 9.84. The van der Waals surface area contributed by atoms with Crippen LogP contribution in [0.15, 0.2) is 36.5 Å². The molecule has 0 bridgehead atoms. The average molecular weight is 479 g/mol. The second-order valence-corrected chi connectivity index (χ2v) is 10.1. The maximum atomic E-state index is 13.2. The Hall–Kier alpha value is -2.79. The van der Waals surface area contributed by atoms with Crippen molar-refractivity contribution in [3.05, 3.63) is 47.1 Å². The van der Waals surface area contributed by atoms with E-state index in [0.717, 1.165) is 59.3 Å². The quantitative estimate of drug-likeness (QED) is 0.350. The molecule has 5 rings (SSSR count). The molecule has 6 heteroatoms. The lowest BCUT2D eigenvalue weighted by Gasteiger charge is -2.30. The standard InChI is InChI=1S/C28H31ClN2O3/c1-3-16-4-9-20(10-5-16)31-26-21-12-18(19-13-23(29)28(33)25(14-19)34-2)8-11-24(21)30-15-22(26)27(32)17-6-7-17/h8,11-17,20,33H,3-7,9-10H2,1-2H3,(H,30,31). The van der Waals surface area contributed by atoms with Crippen molar-refractivity contribution >= 4 is 34.0 Å². The molecule has 34 heavy (non-hydrogen) atoms. The average Bonchev–Trinajstić information content (AvgIpc) is 3.71. The third-order valence-electron chi connectivity index (χ3n) is 7.44. The van der Waals surface area contributed by atoms with Crippen LogP contribution in [0, 0.1) is 11.8 Å². The van der Waals surface area contributed by atoms with E-state index in [-0.39, 0.29) is 22.5 Å². The molecule has 2 aliphatic rings. The molecule has 0 radical (unpaired) electrons. The van der Waals surface area contributed by atoms with Crippen molar-refractivity contribution in [1.29, 1.82) is 0 Å². The van der Waals surface area contributed by atoms with Crippen LogP contribution >= 0.6 is 11.6 Å². The van der Waals surface area contributed by atoms with Gasteiger partial charge in [-0.15, -0.1) is 0 Å². The summed E-state index contributed by atoms with van der Waals surface area (Å²) in [5.41, 5.74) is 4.20. The Labute approximate surface area is 205 Å². The molecule has 0 spiro atoms. The fourth-order valence-electron chi connectivity index (χ4n) is 5.10. The van der Waals surface area contributed by atoms with Crippen LogP contribution in [0.5, 0.6) is 11.5 Å². The Bertz CT molecular complexity index is 1230. The van der Waals surface area contributed by atoms with E-state index < -0.39 is 0 Å². The molecule has 2 fully saturated rings. The number of pyridine rings is 1. The number of hydrogen-bond donors (Lipinski definition) is 2. The highest BCUT2D eigenvalue weighted by atomic mass is 35.5. The van der Waals surface area contributed by atoms with E-state index in [1.165, 1.54) is 26.4 Å². The zero-order chi connectivity index (χ0) is 23.8. The number of fused-ring (bicyclic) bond motifs is 1. The normalized spacial score (nSPS) is 20.3. The van der Waals surface area contributed by atoms with Crippen molar-refractivity contribution in [2.24, 2.45) is 11.8 Å². The molecule has 2 N–H and O–H groups in total. The third kappa shape index (κ3) is 4.46. The van der Waals surface area contributed by atoms with Gasteiger partial charge in [-0.2, -0.15) is 0 Å². The maximum Gasteiger partial charge on any atom is 0.176 e. The number of hydrogen-bond acceptors (Lipinski definition) is 5. The molecule has 178 valence electrons. The van der Waals surface area contributed by atoms with Crippen molar-refractivity contribution in [3.63, 3.8) is 0 Å². The smallest absolute Gasteiger partial charge is 0.176 e. The number of phenols is 1. The Kier molecular flexibility index (Phi) is 6.39. The van der Waals surface area contributed by atoms with Crippen molar-refractivity contribution in [2.45, 2.75) is 57.9 Å². The maximum absolute atomic E-state index is 13.2. The minimum absolute atomic E-state index is 0.0715. The lowest BCUT2D eigenvalue weighted by Crippen LogP contribution is -2.27. The summed E-state index contributed by atoms with van der Waals surface area (Å²) in [6, 6.07) is 9.87. The summed E-state index contributed by atoms with van der Waals surface area (Å²) in [5.74, 6) is 1.38. The van der Waals surface area contributed by atoms with E-state index in [0.29, 0.717) is 17.4 Å². The van der Waals surface area contributed by atoms with Crippen molar-refractivity contribution in [1.82, 2.24) is 4.98 Å². The molecule has 3 aromatic rings. The van der Waals surface area contributed by atoms with Crippen LogP contribution in [0.25, 0.3) is 22.0 Å². The number of rotatable bonds is 7. The number of aromatic hydroxyl groups is 1. The highest BCUT2D eigenvalue weighted by Gasteiger charge is 2.33. The van der Waals surface area contributed by atoms with Gasteiger partial charge in [-0.3, -0.25) is 9.78 Å². The Morgan fingerprint density at radius 3 is 2.56 bits per heavy atom. The Morgan fingerprint density at radius 2 is 1.88 bits per heavy atom. The number of methoxy groups -OCH3 is 1. The SMILES string of the molecule is CCC1CCC(Nc2c(C(=O)C3CC3)cnc3ccc(-c4cc(Cl)c(O)c(OC)c4)cc23)CC1. The lowest BCUT2D eigenvalue weighted by molar-refractivity contribution is 0.0968. The molecule has 0 atom stereocenters. The van der Waals surface area contributed by atoms with E-state index in [1.807, 2.05) is 12.1 Å². The van der Waals surface area contributed by atoms with Crippen LogP contribution in [0.1, 0.15) is 62.2 Å². The fourth-order valence-corrected chi connectivity index (χ4v) is 5.31. The number of halogens is 1. The first-order valence-corrected chi connectivity index (χ1v) is 12.7. The highest BCUT2D eigenvalue weighted by molar-refractivity contribution is 6.32. The first kappa shape index (κ1) is 23.0. The van der Waals surface area contributed by atoms with Crippen LogP contribution in [-0.4, -0.2) is 29.0 Å². The summed E-state index contributed by atoms with van der Waals surface area (Å²) >= 11 is 6.26. The van der Waals surface area contributed by atoms with Gasteiger partial charge in [0.15, 0.2) is 17.3 Å². The number of anilines is 1. The topological polar surface area (TPSA) is 71.5 Å². The Morgan fingerprint density at radius 1 is 1.12 bits per heavy atom. The summed E-state index contributed by atoms with van der Waals surface area (Å²) in [5, 5.41) is 15.1. The number of nitrogens with zero attached hydrogens (tertiary/aromatic N) is 1. The van der Waals surface area contributed by atoms with Gasteiger partial charge in [0.25, 0.3) is 0 Å². The van der Waals surface area contributed by atoms with Gasteiger partial charge in [-0.1, -0.05) is 31.0 Å². The van der Waals surface area contributed by atoms with E-state index >= 15 is 0 Å². The zero-order valence-electron chi connectivity index (χ0n) is 19.7. The second kappa shape index (κ2) is 9.46. The van der Waals surface area contributed by atoms with Crippen molar-refractivity contribution in [3.8, 4) is 22.6 Å². The molecule has 1 heterocycles. The molecular formula is C28H31ClN2O3. The summed E-state index contributed by atoms with van der Waals surface area (Å²) in [4.78, 5) is 17.8. The minimum atomic E-state index is -0.0715. The van der Waals surface area contributed by atoms with Gasteiger partial charge in [0.1, 0.15) is 0 Å². The number of carbonyl (C=O) groups excluding carboxylic acids is 1. The monoisotopic (exact) mass is 478 g/mol. The number of ether oxygens (including phenoxy) is 1. The van der Waals surface area contributed by atoms with Crippen LogP contribution in [0.4, 0.5) is 5.69 Å². The van der Waals surface area contributed by atoms with E-state index in [2.05, 4.69) is 23.3 Å². The van der Waals surface area contributed by atoms with Gasteiger partial charge < -0.3 is 15.2 Å². The number of Topliss-reactive ketones (excluding diaryl/α,β-unsaturated/α-hetero) is 1. The van der Waals surface area contributed by atoms with Gasteiger partial charge in [0.05, 0.1) is 28.9 Å². The van der Waals surface area contributed by atoms with Crippen LogP contribution in [0.2, 0.25) is 5.02 Å². The summed E-state index contributed by atoms with van der Waals surface area (Å²) in [6.45, 7) is 2.27. The number of phenolic OH excluding ortho intramolecular Hbond substituents is 1. The molecular weight excluding hydrogens is 448 g/mol. The number of benzene rings is 2. The van der Waals surface area contributed by atoms with Crippen molar-refractivity contribution in [2.75, 3.05) is 12.4 Å². The molecule has 2 saturated carbocycles. The van der Waals surface area contributed by atoms with Gasteiger partial charge in [-0.25, -0.2) is 0 Å². The second-order valence-electron chi connectivity index (χ2n) is 9.70. The summed E-state index contributed by atoms with van der Waals surface area (Å²) in [6.07, 6.45) is 9.59.